The van der Waals surface area contributed by atoms with Crippen molar-refractivity contribution in [2.45, 2.75) is 0 Å². The van der Waals surface area contributed by atoms with Crippen molar-refractivity contribution >= 4 is 59.0 Å². The van der Waals surface area contributed by atoms with Crippen molar-refractivity contribution < 1.29 is 0 Å². The van der Waals surface area contributed by atoms with E-state index in [-0.39, 0.29) is 0 Å². The van der Waals surface area contributed by atoms with Gasteiger partial charge in [0.1, 0.15) is 0 Å². The molecule has 1 aliphatic carbocycles. The van der Waals surface area contributed by atoms with Gasteiger partial charge in [-0.2, -0.15) is 0 Å². The maximum absolute atomic E-state index is 3.90. The molecule has 190 valence electrons. The molecule has 1 aliphatic rings. The van der Waals surface area contributed by atoms with Crippen molar-refractivity contribution in [3.8, 4) is 44.5 Å². The first-order valence-corrected chi connectivity index (χ1v) is 14.9. The minimum atomic E-state index is 1.14. The molecular weight excluding hydrogens is 560 g/mol. The van der Waals surface area contributed by atoms with Crippen molar-refractivity contribution in [3.05, 3.63) is 144 Å². The standard InChI is InChI=1S/C40H23Br/c41-35-23-33-30-20-11-21-31-38(30)34(22-32(33)26-16-7-8-17-27(26)35)40-37(25-14-5-2-6-15-25)29-19-10-9-18-28(29)36(39(31)40)24-12-3-1-4-13-24/h1-23H. The number of fused-ring (bicyclic) bond motifs is 8. The van der Waals surface area contributed by atoms with Gasteiger partial charge in [0, 0.05) is 4.47 Å². The Hall–Kier alpha value is -4.72. The van der Waals surface area contributed by atoms with E-state index in [2.05, 4.69) is 155 Å². The molecule has 0 saturated heterocycles. The normalized spacial score (nSPS) is 12.0. The highest BCUT2D eigenvalue weighted by atomic mass is 79.9. The first kappa shape index (κ1) is 23.0. The molecule has 8 aromatic carbocycles. The molecule has 0 radical (unpaired) electrons. The SMILES string of the molecule is Brc1cc2c3cccc4c3c(cc2c2ccccc12)-c1c-4c(-c2ccccc2)c2ccccc2c1-c1ccccc1. The summed E-state index contributed by atoms with van der Waals surface area (Å²) in [5.74, 6) is 0. The molecule has 0 saturated carbocycles. The molecule has 0 atom stereocenters. The Morgan fingerprint density at radius 1 is 0.317 bits per heavy atom. The van der Waals surface area contributed by atoms with Gasteiger partial charge in [-0.15, -0.1) is 0 Å². The summed E-state index contributed by atoms with van der Waals surface area (Å²) in [6.07, 6.45) is 0. The molecule has 0 aliphatic heterocycles. The summed E-state index contributed by atoms with van der Waals surface area (Å²) >= 11 is 3.90. The summed E-state index contributed by atoms with van der Waals surface area (Å²) in [4.78, 5) is 0. The molecule has 41 heavy (non-hydrogen) atoms. The molecule has 8 aromatic rings. The summed E-state index contributed by atoms with van der Waals surface area (Å²) < 4.78 is 1.14. The quantitative estimate of drug-likeness (QED) is 0.178. The second-order valence-electron chi connectivity index (χ2n) is 10.9. The van der Waals surface area contributed by atoms with E-state index in [0.29, 0.717) is 0 Å². The average Bonchev–Trinajstić information content (AvgIpc) is 3.36. The summed E-state index contributed by atoms with van der Waals surface area (Å²) in [5, 5.41) is 10.3. The summed E-state index contributed by atoms with van der Waals surface area (Å²) in [6.45, 7) is 0. The number of halogens is 1. The maximum Gasteiger partial charge on any atom is 0.0260 e. The number of benzene rings is 8. The van der Waals surface area contributed by atoms with Crippen LogP contribution in [0, 0.1) is 0 Å². The molecule has 0 heterocycles. The fraction of sp³-hybridized carbons (Fsp3) is 0. The molecule has 0 unspecified atom stereocenters. The van der Waals surface area contributed by atoms with Crippen molar-refractivity contribution in [1.29, 1.82) is 0 Å². The second-order valence-corrected chi connectivity index (χ2v) is 11.8. The first-order chi connectivity index (χ1) is 20.3. The van der Waals surface area contributed by atoms with Gasteiger partial charge in [0.05, 0.1) is 0 Å². The van der Waals surface area contributed by atoms with E-state index >= 15 is 0 Å². The minimum Gasteiger partial charge on any atom is -0.0622 e. The van der Waals surface area contributed by atoms with Crippen LogP contribution in [-0.4, -0.2) is 0 Å². The zero-order chi connectivity index (χ0) is 27.1. The van der Waals surface area contributed by atoms with Crippen LogP contribution in [0.15, 0.2) is 144 Å². The van der Waals surface area contributed by atoms with Gasteiger partial charge in [-0.25, -0.2) is 0 Å². The third-order valence-corrected chi connectivity index (χ3v) is 9.48. The predicted octanol–water partition coefficient (Wildman–Crippen LogP) is 12.0. The Labute approximate surface area is 246 Å². The first-order valence-electron chi connectivity index (χ1n) is 14.1. The van der Waals surface area contributed by atoms with Crippen LogP contribution in [0.25, 0.3) is 87.6 Å². The molecule has 0 N–H and O–H groups in total. The van der Waals surface area contributed by atoms with Crippen molar-refractivity contribution in [3.63, 3.8) is 0 Å². The van der Waals surface area contributed by atoms with E-state index in [0.717, 1.165) is 4.47 Å². The van der Waals surface area contributed by atoms with Gasteiger partial charge in [0.25, 0.3) is 0 Å². The topological polar surface area (TPSA) is 0 Å². The van der Waals surface area contributed by atoms with Crippen LogP contribution in [0.2, 0.25) is 0 Å². The van der Waals surface area contributed by atoms with E-state index < -0.39 is 0 Å². The van der Waals surface area contributed by atoms with Gasteiger partial charge in [-0.3, -0.25) is 0 Å². The highest BCUT2D eigenvalue weighted by Crippen LogP contribution is 2.58. The summed E-state index contributed by atoms with van der Waals surface area (Å²) in [5.41, 5.74) is 10.5. The van der Waals surface area contributed by atoms with Gasteiger partial charge in [-0.05, 0) is 99.7 Å². The molecule has 0 amide bonds. The van der Waals surface area contributed by atoms with E-state index in [1.807, 2.05) is 0 Å². The van der Waals surface area contributed by atoms with Crippen molar-refractivity contribution in [2.24, 2.45) is 0 Å². The molecule has 0 fully saturated rings. The third kappa shape index (κ3) is 3.16. The van der Waals surface area contributed by atoms with E-state index in [1.54, 1.807) is 0 Å². The van der Waals surface area contributed by atoms with Crippen LogP contribution < -0.4 is 0 Å². The zero-order valence-corrected chi connectivity index (χ0v) is 23.7. The predicted molar refractivity (Wildman–Crippen MR) is 179 cm³/mol. The smallest absolute Gasteiger partial charge is 0.0260 e. The van der Waals surface area contributed by atoms with Crippen molar-refractivity contribution in [2.75, 3.05) is 0 Å². The fourth-order valence-corrected chi connectivity index (χ4v) is 7.78. The van der Waals surface area contributed by atoms with E-state index in [9.17, 15) is 0 Å². The average molecular weight is 584 g/mol. The number of hydrogen-bond acceptors (Lipinski definition) is 0. The van der Waals surface area contributed by atoms with E-state index in [1.165, 1.54) is 87.6 Å². The lowest BCUT2D eigenvalue weighted by molar-refractivity contribution is 1.62. The monoisotopic (exact) mass is 582 g/mol. The molecule has 0 aromatic heterocycles. The third-order valence-electron chi connectivity index (χ3n) is 8.83. The maximum atomic E-state index is 3.90. The van der Waals surface area contributed by atoms with Gasteiger partial charge in [0.2, 0.25) is 0 Å². The highest BCUT2D eigenvalue weighted by Gasteiger charge is 2.31. The van der Waals surface area contributed by atoms with Gasteiger partial charge >= 0.3 is 0 Å². The Balaban J connectivity index is 1.57. The summed E-state index contributed by atoms with van der Waals surface area (Å²) in [7, 11) is 0. The summed E-state index contributed by atoms with van der Waals surface area (Å²) in [6, 6.07) is 51.2. The fourth-order valence-electron chi connectivity index (χ4n) is 7.21. The number of rotatable bonds is 2. The minimum absolute atomic E-state index is 1.14. The van der Waals surface area contributed by atoms with Crippen LogP contribution in [0.5, 0.6) is 0 Å². The van der Waals surface area contributed by atoms with Crippen LogP contribution in [-0.2, 0) is 0 Å². The van der Waals surface area contributed by atoms with E-state index in [4.69, 9.17) is 0 Å². The second kappa shape index (κ2) is 8.64. The lowest BCUT2D eigenvalue weighted by atomic mass is 9.82. The Kier molecular flexibility index (Phi) is 4.85. The lowest BCUT2D eigenvalue weighted by Gasteiger charge is -2.20. The van der Waals surface area contributed by atoms with Crippen LogP contribution in [0.3, 0.4) is 0 Å². The molecule has 0 nitrogen and oxygen atoms in total. The molecule has 1 heteroatoms. The van der Waals surface area contributed by atoms with Crippen LogP contribution >= 0.6 is 15.9 Å². The number of hydrogen-bond donors (Lipinski definition) is 0. The van der Waals surface area contributed by atoms with Crippen LogP contribution in [0.4, 0.5) is 0 Å². The Morgan fingerprint density at radius 3 is 1.44 bits per heavy atom. The molecule has 0 spiro atoms. The van der Waals surface area contributed by atoms with Gasteiger partial charge in [0.15, 0.2) is 0 Å². The van der Waals surface area contributed by atoms with Crippen molar-refractivity contribution in [1.82, 2.24) is 0 Å². The molecular formula is C40H23Br. The molecule has 0 bridgehead atoms. The highest BCUT2D eigenvalue weighted by molar-refractivity contribution is 9.10. The van der Waals surface area contributed by atoms with Gasteiger partial charge in [-0.1, -0.05) is 143 Å². The van der Waals surface area contributed by atoms with Crippen LogP contribution in [0.1, 0.15) is 0 Å². The zero-order valence-electron chi connectivity index (χ0n) is 22.2. The lowest BCUT2D eigenvalue weighted by Crippen LogP contribution is -1.93. The largest absolute Gasteiger partial charge is 0.0622 e. The van der Waals surface area contributed by atoms with Gasteiger partial charge < -0.3 is 0 Å². The Bertz CT molecular complexity index is 2350. The molecule has 9 rings (SSSR count). The Morgan fingerprint density at radius 2 is 0.805 bits per heavy atom.